The van der Waals surface area contributed by atoms with Crippen LogP contribution in [0.5, 0.6) is 0 Å². The number of hydrogen-bond donors (Lipinski definition) is 2. The molecule has 0 aliphatic carbocycles. The van der Waals surface area contributed by atoms with Crippen molar-refractivity contribution in [2.24, 2.45) is 5.73 Å². The molecule has 8 heteroatoms. The van der Waals surface area contributed by atoms with Crippen LogP contribution in [-0.2, 0) is 6.18 Å². The maximum Gasteiger partial charge on any atom is 0.433 e. The van der Waals surface area contributed by atoms with Crippen molar-refractivity contribution < 1.29 is 13.2 Å². The predicted molar refractivity (Wildman–Crippen MR) is 74.2 cm³/mol. The number of aromatic nitrogens is 1. The quantitative estimate of drug-likeness (QED) is 0.841. The van der Waals surface area contributed by atoms with Gasteiger partial charge in [0, 0.05) is 13.1 Å². The van der Waals surface area contributed by atoms with Crippen molar-refractivity contribution in [1.82, 2.24) is 9.99 Å². The number of nitrogens with zero attached hydrogens (tertiary/aromatic N) is 2. The fraction of sp³-hybridized carbons (Fsp3) is 0.500. The van der Waals surface area contributed by atoms with E-state index in [1.807, 2.05) is 5.01 Å². The number of halogens is 3. The molecular formula is C12H15F3N4S. The minimum absolute atomic E-state index is 0.0192. The minimum atomic E-state index is -4.49. The van der Waals surface area contributed by atoms with Gasteiger partial charge in [0.2, 0.25) is 0 Å². The van der Waals surface area contributed by atoms with Crippen molar-refractivity contribution in [1.29, 1.82) is 0 Å². The number of pyridine rings is 1. The molecular weight excluding hydrogens is 289 g/mol. The molecule has 110 valence electrons. The lowest BCUT2D eigenvalue weighted by Crippen LogP contribution is -2.36. The van der Waals surface area contributed by atoms with E-state index in [0.717, 1.165) is 38.4 Å². The van der Waals surface area contributed by atoms with Gasteiger partial charge in [-0.2, -0.15) is 13.2 Å². The van der Waals surface area contributed by atoms with Crippen LogP contribution in [0.3, 0.4) is 0 Å². The molecule has 0 radical (unpaired) electrons. The van der Waals surface area contributed by atoms with Gasteiger partial charge in [0.1, 0.15) is 10.7 Å². The van der Waals surface area contributed by atoms with Crippen LogP contribution < -0.4 is 11.2 Å². The first-order valence-electron chi connectivity index (χ1n) is 6.27. The molecule has 1 fully saturated rings. The van der Waals surface area contributed by atoms with Crippen LogP contribution in [0, 0.1) is 0 Å². The molecule has 1 aliphatic heterocycles. The third-order valence-corrected chi connectivity index (χ3v) is 3.29. The Morgan fingerprint density at radius 1 is 1.25 bits per heavy atom. The zero-order chi connectivity index (χ0) is 14.8. The predicted octanol–water partition coefficient (Wildman–Crippen LogP) is 2.55. The summed E-state index contributed by atoms with van der Waals surface area (Å²) in [5, 5.41) is 1.84. The Bertz CT molecular complexity index is 498. The van der Waals surface area contributed by atoms with E-state index in [4.69, 9.17) is 18.0 Å². The van der Waals surface area contributed by atoms with Crippen molar-refractivity contribution in [3.8, 4) is 0 Å². The number of nitrogens with one attached hydrogen (secondary N) is 1. The van der Waals surface area contributed by atoms with Crippen LogP contribution in [0.25, 0.3) is 0 Å². The van der Waals surface area contributed by atoms with Gasteiger partial charge >= 0.3 is 6.18 Å². The Kier molecular flexibility index (Phi) is 4.44. The molecule has 2 rings (SSSR count). The van der Waals surface area contributed by atoms with Crippen LogP contribution in [-0.4, -0.2) is 28.1 Å². The van der Waals surface area contributed by atoms with Crippen LogP contribution >= 0.6 is 12.2 Å². The van der Waals surface area contributed by atoms with Gasteiger partial charge in [-0.15, -0.1) is 0 Å². The summed E-state index contributed by atoms with van der Waals surface area (Å²) in [6, 6.07) is 2.14. The van der Waals surface area contributed by atoms with Crippen molar-refractivity contribution in [3.05, 3.63) is 23.4 Å². The highest BCUT2D eigenvalue weighted by atomic mass is 32.1. The summed E-state index contributed by atoms with van der Waals surface area (Å²) in [4.78, 5) is 3.63. The number of alkyl halides is 3. The Labute approximate surface area is 120 Å². The molecule has 0 amide bonds. The third-order valence-electron chi connectivity index (χ3n) is 3.07. The normalized spacial score (nSPS) is 16.9. The van der Waals surface area contributed by atoms with E-state index >= 15 is 0 Å². The number of hydrazine groups is 1. The van der Waals surface area contributed by atoms with E-state index in [1.54, 1.807) is 0 Å². The summed E-state index contributed by atoms with van der Waals surface area (Å²) < 4.78 is 38.1. The number of nitrogens with two attached hydrogens (primary N) is 1. The summed E-state index contributed by atoms with van der Waals surface area (Å²) in [5.41, 5.74) is 7.79. The minimum Gasteiger partial charge on any atom is -0.389 e. The number of piperidine rings is 1. The van der Waals surface area contributed by atoms with Gasteiger partial charge < -0.3 is 11.2 Å². The van der Waals surface area contributed by atoms with Crippen molar-refractivity contribution in [3.63, 3.8) is 0 Å². The Morgan fingerprint density at radius 2 is 1.90 bits per heavy atom. The molecule has 0 atom stereocenters. The lowest BCUT2D eigenvalue weighted by atomic mass is 10.2. The Balaban J connectivity index is 2.29. The van der Waals surface area contributed by atoms with Crippen LogP contribution in [0.1, 0.15) is 30.5 Å². The third kappa shape index (κ3) is 3.57. The maximum absolute atomic E-state index is 12.7. The maximum atomic E-state index is 12.7. The van der Waals surface area contributed by atoms with E-state index in [-0.39, 0.29) is 10.8 Å². The fourth-order valence-corrected chi connectivity index (χ4v) is 2.22. The van der Waals surface area contributed by atoms with E-state index in [9.17, 15) is 13.2 Å². The average Bonchev–Trinajstić information content (AvgIpc) is 2.38. The summed E-state index contributed by atoms with van der Waals surface area (Å²) in [6.07, 6.45) is -1.38. The van der Waals surface area contributed by atoms with Crippen LogP contribution in [0.15, 0.2) is 12.1 Å². The lowest BCUT2D eigenvalue weighted by molar-refractivity contribution is -0.141. The van der Waals surface area contributed by atoms with Crippen LogP contribution in [0.4, 0.5) is 19.0 Å². The van der Waals surface area contributed by atoms with Gasteiger partial charge in [-0.25, -0.2) is 9.99 Å². The SMILES string of the molecule is NC(=S)c1ccc(C(F)(F)F)nc1NN1CCCCC1. The second-order valence-corrected chi connectivity index (χ2v) is 5.05. The molecule has 0 aromatic carbocycles. The second-order valence-electron chi connectivity index (χ2n) is 4.61. The van der Waals surface area contributed by atoms with Gasteiger partial charge in [-0.05, 0) is 25.0 Å². The molecule has 0 unspecified atom stereocenters. The topological polar surface area (TPSA) is 54.2 Å². The average molecular weight is 304 g/mol. The summed E-state index contributed by atoms with van der Waals surface area (Å²) in [5.74, 6) is 0.0641. The molecule has 1 saturated heterocycles. The zero-order valence-corrected chi connectivity index (χ0v) is 11.5. The Morgan fingerprint density at radius 3 is 2.45 bits per heavy atom. The summed E-state index contributed by atoms with van der Waals surface area (Å²) in [6.45, 7) is 1.52. The van der Waals surface area contributed by atoms with Gasteiger partial charge in [-0.1, -0.05) is 18.6 Å². The highest BCUT2D eigenvalue weighted by molar-refractivity contribution is 7.80. The van der Waals surface area contributed by atoms with Crippen molar-refractivity contribution in [2.75, 3.05) is 18.5 Å². The molecule has 0 spiro atoms. The van der Waals surface area contributed by atoms with E-state index in [0.29, 0.717) is 5.56 Å². The second kappa shape index (κ2) is 5.92. The van der Waals surface area contributed by atoms with Gasteiger partial charge in [0.25, 0.3) is 0 Å². The molecule has 1 aromatic rings. The summed E-state index contributed by atoms with van der Waals surface area (Å²) >= 11 is 4.85. The number of anilines is 1. The zero-order valence-electron chi connectivity index (χ0n) is 10.7. The van der Waals surface area contributed by atoms with Gasteiger partial charge in [0.15, 0.2) is 5.82 Å². The fourth-order valence-electron chi connectivity index (χ4n) is 2.06. The molecule has 20 heavy (non-hydrogen) atoms. The monoisotopic (exact) mass is 304 g/mol. The van der Waals surface area contributed by atoms with Crippen molar-refractivity contribution in [2.45, 2.75) is 25.4 Å². The Hall–Kier alpha value is -1.41. The first kappa shape index (κ1) is 15.0. The van der Waals surface area contributed by atoms with E-state index in [1.165, 1.54) is 6.07 Å². The largest absolute Gasteiger partial charge is 0.433 e. The molecule has 1 aliphatic rings. The number of hydrogen-bond acceptors (Lipinski definition) is 4. The number of rotatable bonds is 3. The highest BCUT2D eigenvalue weighted by Crippen LogP contribution is 2.29. The standard InChI is InChI=1S/C12H15F3N4S/c13-12(14,15)9-5-4-8(10(16)20)11(17-9)18-19-6-2-1-3-7-19/h4-5H,1-3,6-7H2,(H2,16,20)(H,17,18). The highest BCUT2D eigenvalue weighted by Gasteiger charge is 2.33. The molecule has 3 N–H and O–H groups in total. The van der Waals surface area contributed by atoms with Gasteiger partial charge in [-0.3, -0.25) is 0 Å². The van der Waals surface area contributed by atoms with E-state index in [2.05, 4.69) is 10.4 Å². The summed E-state index contributed by atoms with van der Waals surface area (Å²) in [7, 11) is 0. The van der Waals surface area contributed by atoms with Crippen molar-refractivity contribution >= 4 is 23.0 Å². The lowest BCUT2D eigenvalue weighted by Gasteiger charge is -2.28. The molecule has 0 saturated carbocycles. The first-order chi connectivity index (χ1) is 9.38. The molecule has 4 nitrogen and oxygen atoms in total. The molecule has 2 heterocycles. The van der Waals surface area contributed by atoms with Crippen LogP contribution in [0.2, 0.25) is 0 Å². The van der Waals surface area contributed by atoms with Gasteiger partial charge in [0.05, 0.1) is 5.56 Å². The molecule has 1 aromatic heterocycles. The molecule has 0 bridgehead atoms. The first-order valence-corrected chi connectivity index (χ1v) is 6.68. The smallest absolute Gasteiger partial charge is 0.389 e. The van der Waals surface area contributed by atoms with E-state index < -0.39 is 11.9 Å². The number of thiocarbonyl (C=S) groups is 1.